The average molecular weight is 331 g/mol. The number of nitrogens with one attached hydrogen (secondary N) is 2. The zero-order chi connectivity index (χ0) is 15.6. The van der Waals surface area contributed by atoms with Crippen LogP contribution in [0.15, 0.2) is 23.1 Å². The number of halogens is 1. The van der Waals surface area contributed by atoms with Crippen LogP contribution in [-0.4, -0.2) is 31.9 Å². The molecule has 0 bridgehead atoms. The summed E-state index contributed by atoms with van der Waals surface area (Å²) in [6.45, 7) is 0.224. The van der Waals surface area contributed by atoms with E-state index in [9.17, 15) is 17.6 Å². The van der Waals surface area contributed by atoms with Gasteiger partial charge in [-0.3, -0.25) is 4.79 Å². The molecule has 1 aliphatic heterocycles. The van der Waals surface area contributed by atoms with Crippen molar-refractivity contribution in [2.75, 3.05) is 6.54 Å². The maximum atomic E-state index is 13.5. The summed E-state index contributed by atoms with van der Waals surface area (Å²) in [4.78, 5) is 10.7. The number of nitrogens with two attached hydrogens (primary N) is 1. The van der Waals surface area contributed by atoms with Crippen LogP contribution < -0.4 is 15.8 Å². The third kappa shape index (κ3) is 3.74. The summed E-state index contributed by atoms with van der Waals surface area (Å²) in [6.07, 6.45) is 0.670. The molecule has 0 aromatic heterocycles. The predicted octanol–water partition coefficient (Wildman–Crippen LogP) is 0.0168. The van der Waals surface area contributed by atoms with Crippen molar-refractivity contribution in [3.05, 3.63) is 29.6 Å². The minimum Gasteiger partial charge on any atom is -0.389 e. The second-order valence-corrected chi connectivity index (χ2v) is 6.82. The maximum Gasteiger partial charge on any atom is 0.240 e. The molecule has 21 heavy (non-hydrogen) atoms. The van der Waals surface area contributed by atoms with Crippen molar-refractivity contribution in [3.8, 4) is 0 Å². The van der Waals surface area contributed by atoms with E-state index in [0.717, 1.165) is 18.2 Å². The van der Waals surface area contributed by atoms with Crippen LogP contribution >= 0.6 is 12.2 Å². The van der Waals surface area contributed by atoms with Crippen molar-refractivity contribution in [1.29, 1.82) is 0 Å². The fourth-order valence-corrected chi connectivity index (χ4v) is 3.43. The molecule has 1 heterocycles. The Morgan fingerprint density at radius 1 is 1.48 bits per heavy atom. The summed E-state index contributed by atoms with van der Waals surface area (Å²) in [6, 6.07) is 2.85. The number of piperidine rings is 1. The Hall–Kier alpha value is -1.58. The summed E-state index contributed by atoms with van der Waals surface area (Å²) in [5, 5.41) is 2.58. The van der Waals surface area contributed by atoms with E-state index < -0.39 is 21.9 Å². The van der Waals surface area contributed by atoms with Crippen LogP contribution in [0.5, 0.6) is 0 Å². The highest BCUT2D eigenvalue weighted by atomic mass is 32.2. The first-order valence-electron chi connectivity index (χ1n) is 6.18. The molecule has 6 nitrogen and oxygen atoms in total. The summed E-state index contributed by atoms with van der Waals surface area (Å²) in [5.74, 6) is -0.783. The summed E-state index contributed by atoms with van der Waals surface area (Å²) in [5.41, 5.74) is 5.23. The highest BCUT2D eigenvalue weighted by Crippen LogP contribution is 2.16. The average Bonchev–Trinajstić information content (AvgIpc) is 2.41. The first-order valence-corrected chi connectivity index (χ1v) is 8.07. The van der Waals surface area contributed by atoms with Gasteiger partial charge >= 0.3 is 0 Å². The molecular weight excluding hydrogens is 317 g/mol. The Labute approximate surface area is 127 Å². The van der Waals surface area contributed by atoms with Gasteiger partial charge in [-0.2, -0.15) is 0 Å². The van der Waals surface area contributed by atoms with Crippen LogP contribution in [0.25, 0.3) is 0 Å². The molecule has 0 radical (unpaired) electrons. The van der Waals surface area contributed by atoms with Gasteiger partial charge in [-0.1, -0.05) is 12.2 Å². The van der Waals surface area contributed by atoms with Crippen LogP contribution in [0.4, 0.5) is 4.39 Å². The molecule has 9 heteroatoms. The molecule has 1 amide bonds. The van der Waals surface area contributed by atoms with Crippen molar-refractivity contribution >= 4 is 33.1 Å². The molecule has 1 saturated heterocycles. The molecule has 4 N–H and O–H groups in total. The third-order valence-electron chi connectivity index (χ3n) is 3.10. The standard InChI is InChI=1S/C12H14FN3O3S2/c13-10-3-2-8(5-9(10)12(14)20)21(18,19)16-7-1-4-11(17)15-6-7/h2-3,5,7,16H,1,4,6H2,(H2,14,20)(H,15,17). The third-order valence-corrected chi connectivity index (χ3v) is 4.84. The number of amides is 1. The van der Waals surface area contributed by atoms with E-state index in [2.05, 4.69) is 22.3 Å². The number of benzene rings is 1. The van der Waals surface area contributed by atoms with Crippen molar-refractivity contribution in [2.24, 2.45) is 5.73 Å². The molecule has 1 unspecified atom stereocenters. The Bertz CT molecular complexity index is 681. The van der Waals surface area contributed by atoms with Crippen molar-refractivity contribution in [1.82, 2.24) is 10.0 Å². The lowest BCUT2D eigenvalue weighted by Gasteiger charge is -2.23. The lowest BCUT2D eigenvalue weighted by atomic mass is 10.1. The number of thiocarbonyl (C=S) groups is 1. The van der Waals surface area contributed by atoms with Crippen LogP contribution in [0.1, 0.15) is 18.4 Å². The first kappa shape index (κ1) is 15.8. The first-order chi connectivity index (χ1) is 9.79. The Morgan fingerprint density at radius 3 is 2.76 bits per heavy atom. The van der Waals surface area contributed by atoms with Gasteiger partial charge in [0.2, 0.25) is 15.9 Å². The number of rotatable bonds is 4. The zero-order valence-electron chi connectivity index (χ0n) is 10.9. The van der Waals surface area contributed by atoms with Crippen molar-refractivity contribution in [3.63, 3.8) is 0 Å². The van der Waals surface area contributed by atoms with Crippen molar-refractivity contribution in [2.45, 2.75) is 23.8 Å². The monoisotopic (exact) mass is 331 g/mol. The van der Waals surface area contributed by atoms with Crippen molar-refractivity contribution < 1.29 is 17.6 Å². The molecule has 0 saturated carbocycles. The predicted molar refractivity (Wildman–Crippen MR) is 78.6 cm³/mol. The Balaban J connectivity index is 2.21. The lowest BCUT2D eigenvalue weighted by Crippen LogP contribution is -2.47. The summed E-state index contributed by atoms with van der Waals surface area (Å²) >= 11 is 4.68. The van der Waals surface area contributed by atoms with E-state index in [1.165, 1.54) is 0 Å². The quantitative estimate of drug-likeness (QED) is 0.675. The van der Waals surface area contributed by atoms with Gasteiger partial charge < -0.3 is 11.1 Å². The molecule has 0 aliphatic carbocycles. The molecule has 1 fully saturated rings. The highest BCUT2D eigenvalue weighted by molar-refractivity contribution is 7.89. The molecule has 1 aromatic carbocycles. The van der Waals surface area contributed by atoms with Gasteiger partial charge in [0, 0.05) is 24.6 Å². The molecule has 1 atom stereocenters. The van der Waals surface area contributed by atoms with Crippen LogP contribution in [-0.2, 0) is 14.8 Å². The van der Waals surface area contributed by atoms with Gasteiger partial charge in [0.15, 0.2) is 0 Å². The largest absolute Gasteiger partial charge is 0.389 e. The van der Waals surface area contributed by atoms with Gasteiger partial charge in [-0.25, -0.2) is 17.5 Å². The molecular formula is C12H14FN3O3S2. The van der Waals surface area contributed by atoms with Crippen LogP contribution in [0, 0.1) is 5.82 Å². The van der Waals surface area contributed by atoms with E-state index in [1.54, 1.807) is 0 Å². The van der Waals surface area contributed by atoms with E-state index in [0.29, 0.717) is 6.42 Å². The van der Waals surface area contributed by atoms with Crippen LogP contribution in [0.3, 0.4) is 0 Å². The molecule has 1 aliphatic rings. The van der Waals surface area contributed by atoms with E-state index in [-0.39, 0.29) is 34.3 Å². The van der Waals surface area contributed by atoms with Crippen LogP contribution in [0.2, 0.25) is 0 Å². The molecule has 114 valence electrons. The second-order valence-electron chi connectivity index (χ2n) is 4.67. The van der Waals surface area contributed by atoms with E-state index in [4.69, 9.17) is 5.73 Å². The fourth-order valence-electron chi connectivity index (χ4n) is 1.98. The number of carbonyl (C=O) groups is 1. The summed E-state index contributed by atoms with van der Waals surface area (Å²) < 4.78 is 40.4. The minimum absolute atomic E-state index is 0.108. The number of carbonyl (C=O) groups excluding carboxylic acids is 1. The Morgan fingerprint density at radius 2 is 2.19 bits per heavy atom. The van der Waals surface area contributed by atoms with E-state index >= 15 is 0 Å². The number of hydrogen-bond acceptors (Lipinski definition) is 4. The topological polar surface area (TPSA) is 101 Å². The lowest BCUT2D eigenvalue weighted by molar-refractivity contribution is -0.122. The molecule has 1 aromatic rings. The zero-order valence-corrected chi connectivity index (χ0v) is 12.6. The maximum absolute atomic E-state index is 13.5. The minimum atomic E-state index is -3.83. The second kappa shape index (κ2) is 6.04. The molecule has 0 spiro atoms. The highest BCUT2D eigenvalue weighted by Gasteiger charge is 2.25. The van der Waals surface area contributed by atoms with Gasteiger partial charge in [0.25, 0.3) is 0 Å². The molecule has 2 rings (SSSR count). The fraction of sp³-hybridized carbons (Fsp3) is 0.333. The number of hydrogen-bond donors (Lipinski definition) is 3. The smallest absolute Gasteiger partial charge is 0.240 e. The van der Waals surface area contributed by atoms with Gasteiger partial charge in [0.05, 0.1) is 4.90 Å². The van der Waals surface area contributed by atoms with Gasteiger partial charge in [0.1, 0.15) is 10.8 Å². The van der Waals surface area contributed by atoms with Gasteiger partial charge in [-0.05, 0) is 24.6 Å². The van der Waals surface area contributed by atoms with Gasteiger partial charge in [-0.15, -0.1) is 0 Å². The normalized spacial score (nSPS) is 19.1. The Kier molecular flexibility index (Phi) is 4.55. The van der Waals surface area contributed by atoms with E-state index in [1.807, 2.05) is 0 Å². The number of sulfonamides is 1. The SMILES string of the molecule is NC(=S)c1cc(S(=O)(=O)NC2CCC(=O)NC2)ccc1F. The summed E-state index contributed by atoms with van der Waals surface area (Å²) in [7, 11) is -3.83.